The molecule has 1 amide bonds. The molecule has 0 saturated carbocycles. The zero-order chi connectivity index (χ0) is 30.8. The molecule has 6 aromatic rings. The number of carbonyl (C=O) groups excluding carboxylic acids is 1. The highest BCUT2D eigenvalue weighted by Crippen LogP contribution is 2.36. The third-order valence-electron chi connectivity index (χ3n) is 8.25. The Balaban J connectivity index is 1.19. The number of aromatic nitrogens is 5. The maximum atomic E-state index is 14.8. The second-order valence-corrected chi connectivity index (χ2v) is 11.5. The Bertz CT molecular complexity index is 1990. The second-order valence-electron chi connectivity index (χ2n) is 11.5. The van der Waals surface area contributed by atoms with Crippen molar-refractivity contribution in [2.45, 2.75) is 32.6 Å². The summed E-state index contributed by atoms with van der Waals surface area (Å²) < 4.78 is 20.8. The maximum absolute atomic E-state index is 14.8. The van der Waals surface area contributed by atoms with E-state index in [0.29, 0.717) is 30.0 Å². The van der Waals surface area contributed by atoms with Crippen LogP contribution in [-0.2, 0) is 4.79 Å². The number of carbonyl (C=O) groups is 1. The van der Waals surface area contributed by atoms with Crippen LogP contribution in [0.15, 0.2) is 73.3 Å². The molecule has 0 bridgehead atoms. The number of H-pyrrole nitrogens is 2. The summed E-state index contributed by atoms with van der Waals surface area (Å²) in [5.41, 5.74) is 7.23. The SMILES string of the molecule is CCCC(=O)Nc1cncc(-c2ccc3[nH]nc(-c4cc5c(-c6cc(F)cc(OCCN7CCCC7)c6)cncc5[nH]4)c3c2)c1. The van der Waals surface area contributed by atoms with Crippen molar-refractivity contribution in [3.63, 3.8) is 0 Å². The minimum atomic E-state index is -0.356. The molecule has 45 heavy (non-hydrogen) atoms. The zero-order valence-corrected chi connectivity index (χ0v) is 25.1. The summed E-state index contributed by atoms with van der Waals surface area (Å²) in [4.78, 5) is 26.8. The molecule has 10 heteroatoms. The lowest BCUT2D eigenvalue weighted by Crippen LogP contribution is -2.25. The Morgan fingerprint density at radius 2 is 1.80 bits per heavy atom. The van der Waals surface area contributed by atoms with Gasteiger partial charge in [-0.25, -0.2) is 4.39 Å². The number of hydrogen-bond donors (Lipinski definition) is 3. The first kappa shape index (κ1) is 28.7. The Morgan fingerprint density at radius 1 is 0.933 bits per heavy atom. The van der Waals surface area contributed by atoms with Gasteiger partial charge in [0, 0.05) is 53.3 Å². The maximum Gasteiger partial charge on any atom is 0.224 e. The number of rotatable bonds is 10. The van der Waals surface area contributed by atoms with Crippen LogP contribution in [0.3, 0.4) is 0 Å². The van der Waals surface area contributed by atoms with E-state index in [4.69, 9.17) is 4.74 Å². The number of nitrogens with one attached hydrogen (secondary N) is 3. The third-order valence-corrected chi connectivity index (χ3v) is 8.25. The molecule has 4 aromatic heterocycles. The standard InChI is InChI=1S/C35H34FN7O2/c1-2-5-34(44)39-26-13-24(18-37-19-26)22-6-7-31-29(15-22)35(42-41-31)32-17-28-30(20-38-21-33(28)40-32)23-12-25(36)16-27(14-23)45-11-10-43-8-3-4-9-43/h6-7,12-21,40H,2-5,8-11H2,1H3,(H,39,44)(H,41,42). The lowest BCUT2D eigenvalue weighted by Gasteiger charge is -2.15. The molecular weight excluding hydrogens is 569 g/mol. The predicted octanol–water partition coefficient (Wildman–Crippen LogP) is 7.19. The first-order valence-electron chi connectivity index (χ1n) is 15.4. The van der Waals surface area contributed by atoms with Gasteiger partial charge in [0.15, 0.2) is 0 Å². The minimum Gasteiger partial charge on any atom is -0.492 e. The highest BCUT2D eigenvalue weighted by molar-refractivity contribution is 6.01. The predicted molar refractivity (Wildman–Crippen MR) is 175 cm³/mol. The molecule has 0 spiro atoms. The molecule has 2 aromatic carbocycles. The Kier molecular flexibility index (Phi) is 7.96. The zero-order valence-electron chi connectivity index (χ0n) is 25.1. The number of halogens is 1. The van der Waals surface area contributed by atoms with E-state index in [9.17, 15) is 9.18 Å². The Labute approximate surface area is 259 Å². The fraction of sp³-hybridized carbons (Fsp3) is 0.257. The number of ether oxygens (including phenoxy) is 1. The first-order chi connectivity index (χ1) is 22.0. The van der Waals surface area contributed by atoms with Crippen LogP contribution in [0.2, 0.25) is 0 Å². The molecule has 9 nitrogen and oxygen atoms in total. The van der Waals surface area contributed by atoms with Gasteiger partial charge in [0.1, 0.15) is 23.9 Å². The molecule has 5 heterocycles. The molecule has 228 valence electrons. The van der Waals surface area contributed by atoms with Gasteiger partial charge in [0.25, 0.3) is 0 Å². The molecule has 1 aliphatic rings. The second kappa shape index (κ2) is 12.5. The van der Waals surface area contributed by atoms with E-state index in [-0.39, 0.29) is 11.7 Å². The molecular formula is C35H34FN7O2. The van der Waals surface area contributed by atoms with E-state index < -0.39 is 0 Å². The molecule has 1 saturated heterocycles. The fourth-order valence-corrected chi connectivity index (χ4v) is 6.02. The molecule has 0 atom stereocenters. The molecule has 0 unspecified atom stereocenters. The van der Waals surface area contributed by atoms with Crippen molar-refractivity contribution >= 4 is 33.4 Å². The van der Waals surface area contributed by atoms with Crippen molar-refractivity contribution in [1.82, 2.24) is 30.0 Å². The summed E-state index contributed by atoms with van der Waals surface area (Å²) in [5.74, 6) is 0.119. The van der Waals surface area contributed by atoms with E-state index in [1.807, 2.05) is 37.3 Å². The molecule has 7 rings (SSSR count). The van der Waals surface area contributed by atoms with Crippen LogP contribution in [0.4, 0.5) is 10.1 Å². The van der Waals surface area contributed by atoms with Gasteiger partial charge in [0.2, 0.25) is 5.91 Å². The van der Waals surface area contributed by atoms with E-state index in [1.54, 1.807) is 24.8 Å². The van der Waals surface area contributed by atoms with Gasteiger partial charge in [-0.15, -0.1) is 0 Å². The number of amides is 1. The summed E-state index contributed by atoms with van der Waals surface area (Å²) >= 11 is 0. The molecule has 1 fully saturated rings. The number of likely N-dealkylation sites (tertiary alicyclic amines) is 1. The normalized spacial score (nSPS) is 13.6. The van der Waals surface area contributed by atoms with Crippen LogP contribution >= 0.6 is 0 Å². The van der Waals surface area contributed by atoms with Gasteiger partial charge in [-0.3, -0.25) is 24.8 Å². The van der Waals surface area contributed by atoms with E-state index in [1.165, 1.54) is 25.0 Å². The van der Waals surface area contributed by atoms with Crippen LogP contribution in [0, 0.1) is 5.82 Å². The van der Waals surface area contributed by atoms with Crippen molar-refractivity contribution in [3.8, 4) is 39.4 Å². The van der Waals surface area contributed by atoms with Gasteiger partial charge in [0.05, 0.1) is 34.8 Å². The van der Waals surface area contributed by atoms with Crippen LogP contribution in [0.5, 0.6) is 5.75 Å². The summed E-state index contributed by atoms with van der Waals surface area (Å²) in [7, 11) is 0. The summed E-state index contributed by atoms with van der Waals surface area (Å²) in [6.45, 7) is 5.51. The smallest absolute Gasteiger partial charge is 0.224 e. The number of nitrogens with zero attached hydrogens (tertiary/aromatic N) is 4. The highest BCUT2D eigenvalue weighted by atomic mass is 19.1. The van der Waals surface area contributed by atoms with Crippen molar-refractivity contribution < 1.29 is 13.9 Å². The number of hydrogen-bond acceptors (Lipinski definition) is 6. The number of pyridine rings is 2. The lowest BCUT2D eigenvalue weighted by atomic mass is 10.0. The lowest BCUT2D eigenvalue weighted by molar-refractivity contribution is -0.116. The van der Waals surface area contributed by atoms with Crippen molar-refractivity contribution in [2.75, 3.05) is 31.6 Å². The van der Waals surface area contributed by atoms with Gasteiger partial charge in [-0.05, 0) is 79.9 Å². The van der Waals surface area contributed by atoms with Crippen LogP contribution in [0.1, 0.15) is 32.6 Å². The van der Waals surface area contributed by atoms with E-state index in [2.05, 4.69) is 41.4 Å². The average molecular weight is 604 g/mol. The number of fused-ring (bicyclic) bond motifs is 2. The number of benzene rings is 2. The third kappa shape index (κ3) is 6.14. The van der Waals surface area contributed by atoms with E-state index in [0.717, 1.165) is 75.9 Å². The summed E-state index contributed by atoms with van der Waals surface area (Å²) in [5, 5.41) is 12.5. The number of aromatic amines is 2. The van der Waals surface area contributed by atoms with Gasteiger partial charge >= 0.3 is 0 Å². The number of anilines is 1. The largest absolute Gasteiger partial charge is 0.492 e. The fourth-order valence-electron chi connectivity index (χ4n) is 6.02. The summed E-state index contributed by atoms with van der Waals surface area (Å²) in [6, 6.07) is 14.8. The van der Waals surface area contributed by atoms with Gasteiger partial charge < -0.3 is 15.0 Å². The Hall–Kier alpha value is -5.09. The van der Waals surface area contributed by atoms with E-state index >= 15 is 0 Å². The van der Waals surface area contributed by atoms with Gasteiger partial charge in [-0.1, -0.05) is 13.0 Å². The molecule has 3 N–H and O–H groups in total. The molecule has 0 radical (unpaired) electrons. The minimum absolute atomic E-state index is 0.0313. The highest BCUT2D eigenvalue weighted by Gasteiger charge is 2.17. The van der Waals surface area contributed by atoms with Crippen molar-refractivity contribution in [1.29, 1.82) is 0 Å². The van der Waals surface area contributed by atoms with Gasteiger partial charge in [-0.2, -0.15) is 5.10 Å². The molecule has 0 aliphatic carbocycles. The summed E-state index contributed by atoms with van der Waals surface area (Å²) in [6.07, 6.45) is 10.6. The topological polar surface area (TPSA) is 112 Å². The first-order valence-corrected chi connectivity index (χ1v) is 15.4. The quantitative estimate of drug-likeness (QED) is 0.153. The van der Waals surface area contributed by atoms with Crippen molar-refractivity contribution in [2.24, 2.45) is 0 Å². The average Bonchev–Trinajstić information content (AvgIpc) is 3.80. The van der Waals surface area contributed by atoms with Crippen molar-refractivity contribution in [3.05, 3.63) is 79.1 Å². The van der Waals surface area contributed by atoms with Crippen LogP contribution in [-0.4, -0.2) is 62.2 Å². The molecule has 1 aliphatic heterocycles. The van der Waals surface area contributed by atoms with Crippen LogP contribution < -0.4 is 10.1 Å². The Morgan fingerprint density at radius 3 is 2.67 bits per heavy atom. The van der Waals surface area contributed by atoms with Crippen LogP contribution in [0.25, 0.3) is 55.4 Å². The monoisotopic (exact) mass is 603 g/mol.